The Balaban J connectivity index is 1.58. The van der Waals surface area contributed by atoms with E-state index in [2.05, 4.69) is 0 Å². The number of imide groups is 1. The maximum atomic E-state index is 13.5. The molecular weight excluding hydrogens is 400 g/mol. The van der Waals surface area contributed by atoms with Gasteiger partial charge in [0.2, 0.25) is 5.91 Å². The van der Waals surface area contributed by atoms with Crippen LogP contribution in [0.5, 0.6) is 0 Å². The number of nitrogens with zero attached hydrogens (tertiary/aromatic N) is 2. The van der Waals surface area contributed by atoms with E-state index in [-0.39, 0.29) is 11.8 Å². The van der Waals surface area contributed by atoms with Crippen molar-refractivity contribution >= 4 is 34.8 Å². The van der Waals surface area contributed by atoms with Gasteiger partial charge in [-0.05, 0) is 48.9 Å². The molecular formula is C24H19ClN2O3. The Morgan fingerprint density at radius 1 is 0.800 bits per heavy atom. The summed E-state index contributed by atoms with van der Waals surface area (Å²) in [6.07, 6.45) is -0.875. The molecule has 150 valence electrons. The largest absolute Gasteiger partial charge is 0.273 e. The molecule has 2 aliphatic heterocycles. The second-order valence-corrected chi connectivity index (χ2v) is 7.99. The van der Waals surface area contributed by atoms with Gasteiger partial charge in [-0.15, -0.1) is 0 Å². The van der Waals surface area contributed by atoms with Gasteiger partial charge in [0.1, 0.15) is 5.92 Å². The van der Waals surface area contributed by atoms with Gasteiger partial charge in [0, 0.05) is 5.02 Å². The molecule has 0 aliphatic carbocycles. The first-order chi connectivity index (χ1) is 14.5. The number of halogens is 1. The highest BCUT2D eigenvalue weighted by Crippen LogP contribution is 2.47. The van der Waals surface area contributed by atoms with Crippen molar-refractivity contribution in [2.24, 2.45) is 5.92 Å². The Morgan fingerprint density at radius 3 is 2.13 bits per heavy atom. The highest BCUT2D eigenvalue weighted by molar-refractivity contribution is 6.31. The third kappa shape index (κ3) is 2.98. The minimum Gasteiger partial charge on any atom is -0.273 e. The lowest BCUT2D eigenvalue weighted by Crippen LogP contribution is -2.37. The minimum absolute atomic E-state index is 0.267. The van der Waals surface area contributed by atoms with Crippen LogP contribution in [0.4, 0.5) is 11.4 Å². The van der Waals surface area contributed by atoms with Crippen LogP contribution in [0.2, 0.25) is 5.02 Å². The third-order valence-electron chi connectivity index (χ3n) is 5.63. The molecule has 2 saturated heterocycles. The van der Waals surface area contributed by atoms with Gasteiger partial charge in [-0.3, -0.25) is 14.4 Å². The SMILES string of the molecule is Cc1ccc([C@H]2[C@@H]3C(=O)N(c4ccc(Cl)cc4)C(=O)[C@@H]3ON2c2ccccc2)cc1. The number of rotatable bonds is 3. The Hall–Kier alpha value is -3.15. The van der Waals surface area contributed by atoms with E-state index in [4.69, 9.17) is 16.4 Å². The third-order valence-corrected chi connectivity index (χ3v) is 5.88. The van der Waals surface area contributed by atoms with Crippen LogP contribution in [-0.2, 0) is 14.4 Å². The fraction of sp³-hybridized carbons (Fsp3) is 0.167. The van der Waals surface area contributed by atoms with Crippen molar-refractivity contribution in [2.45, 2.75) is 19.1 Å². The number of hydrogen-bond acceptors (Lipinski definition) is 4. The highest BCUT2D eigenvalue weighted by atomic mass is 35.5. The first-order valence-electron chi connectivity index (χ1n) is 9.75. The van der Waals surface area contributed by atoms with E-state index >= 15 is 0 Å². The number of hydrogen-bond donors (Lipinski definition) is 0. The van der Waals surface area contributed by atoms with Gasteiger partial charge in [-0.1, -0.05) is 59.6 Å². The summed E-state index contributed by atoms with van der Waals surface area (Å²) in [5.74, 6) is -1.27. The quantitative estimate of drug-likeness (QED) is 0.578. The first kappa shape index (κ1) is 18.9. The molecule has 3 aromatic carbocycles. The van der Waals surface area contributed by atoms with Crippen LogP contribution in [0.25, 0.3) is 0 Å². The normalized spacial score (nSPS) is 23.2. The number of para-hydroxylation sites is 1. The van der Waals surface area contributed by atoms with E-state index in [0.29, 0.717) is 10.7 Å². The Bertz CT molecular complexity index is 1100. The molecule has 0 spiro atoms. The highest BCUT2D eigenvalue weighted by Gasteiger charge is 2.60. The van der Waals surface area contributed by atoms with E-state index in [1.54, 1.807) is 29.3 Å². The molecule has 2 aliphatic rings. The molecule has 2 heterocycles. The van der Waals surface area contributed by atoms with E-state index in [1.165, 1.54) is 4.90 Å². The molecule has 3 atom stereocenters. The molecule has 0 saturated carbocycles. The van der Waals surface area contributed by atoms with Gasteiger partial charge >= 0.3 is 0 Å². The number of aryl methyl sites for hydroxylation is 1. The summed E-state index contributed by atoms with van der Waals surface area (Å²) in [5, 5.41) is 2.25. The lowest BCUT2D eigenvalue weighted by Gasteiger charge is -2.28. The van der Waals surface area contributed by atoms with Crippen molar-refractivity contribution in [2.75, 3.05) is 9.96 Å². The van der Waals surface area contributed by atoms with E-state index in [1.807, 2.05) is 61.5 Å². The first-order valence-corrected chi connectivity index (χ1v) is 10.1. The van der Waals surface area contributed by atoms with E-state index in [9.17, 15) is 9.59 Å². The molecule has 3 aromatic rings. The summed E-state index contributed by atoms with van der Waals surface area (Å²) < 4.78 is 0. The molecule has 0 bridgehead atoms. The zero-order valence-corrected chi connectivity index (χ0v) is 17.0. The van der Waals surface area contributed by atoms with Crippen LogP contribution < -0.4 is 9.96 Å². The topological polar surface area (TPSA) is 49.9 Å². The molecule has 6 heteroatoms. The average molecular weight is 419 g/mol. The predicted molar refractivity (Wildman–Crippen MR) is 115 cm³/mol. The molecule has 0 N–H and O–H groups in total. The van der Waals surface area contributed by atoms with Gasteiger partial charge in [0.25, 0.3) is 5.91 Å². The van der Waals surface area contributed by atoms with Gasteiger partial charge in [0.15, 0.2) is 6.10 Å². The van der Waals surface area contributed by atoms with Gasteiger partial charge < -0.3 is 0 Å². The number of amides is 2. The van der Waals surface area contributed by atoms with Crippen molar-refractivity contribution in [3.63, 3.8) is 0 Å². The lowest BCUT2D eigenvalue weighted by molar-refractivity contribution is -0.126. The van der Waals surface area contributed by atoms with Crippen LogP contribution in [0.15, 0.2) is 78.9 Å². The van der Waals surface area contributed by atoms with Gasteiger partial charge in [-0.2, -0.15) is 0 Å². The van der Waals surface area contributed by atoms with E-state index < -0.39 is 18.1 Å². The van der Waals surface area contributed by atoms with Crippen LogP contribution in [-0.4, -0.2) is 17.9 Å². The number of carbonyl (C=O) groups is 2. The summed E-state index contributed by atoms with van der Waals surface area (Å²) in [7, 11) is 0. The number of anilines is 2. The summed E-state index contributed by atoms with van der Waals surface area (Å²) in [5.41, 5.74) is 3.35. The smallest absolute Gasteiger partial charge is 0.266 e. The van der Waals surface area contributed by atoms with Gasteiger partial charge in [-0.25, -0.2) is 9.96 Å². The van der Waals surface area contributed by atoms with Crippen molar-refractivity contribution in [3.05, 3.63) is 95.0 Å². The number of hydroxylamine groups is 1. The average Bonchev–Trinajstić information content (AvgIpc) is 3.27. The standard InChI is InChI=1S/C24H19ClN2O3/c1-15-7-9-16(10-8-15)21-20-22(30-27(21)19-5-3-2-4-6-19)24(29)26(23(20)28)18-13-11-17(25)12-14-18/h2-14,20-22H,1H3/t20-,21-,22+/m0/s1. The van der Waals surface area contributed by atoms with Crippen LogP contribution in [0.1, 0.15) is 17.2 Å². The summed E-state index contributed by atoms with van der Waals surface area (Å²) in [6, 6.07) is 23.8. The van der Waals surface area contributed by atoms with Crippen LogP contribution >= 0.6 is 11.6 Å². The fourth-order valence-electron chi connectivity index (χ4n) is 4.16. The number of fused-ring (bicyclic) bond motifs is 1. The minimum atomic E-state index is -0.875. The van der Waals surface area contributed by atoms with Crippen LogP contribution in [0, 0.1) is 12.8 Å². The molecule has 0 unspecified atom stereocenters. The van der Waals surface area contributed by atoms with Crippen molar-refractivity contribution in [1.82, 2.24) is 0 Å². The Kier molecular flexibility index (Phi) is 4.57. The zero-order chi connectivity index (χ0) is 20.8. The van der Waals surface area contributed by atoms with E-state index in [0.717, 1.165) is 16.8 Å². The molecule has 0 aromatic heterocycles. The van der Waals surface area contributed by atoms with Crippen molar-refractivity contribution in [1.29, 1.82) is 0 Å². The van der Waals surface area contributed by atoms with Crippen molar-refractivity contribution < 1.29 is 14.4 Å². The predicted octanol–water partition coefficient (Wildman–Crippen LogP) is 4.70. The molecule has 5 nitrogen and oxygen atoms in total. The summed E-state index contributed by atoms with van der Waals surface area (Å²) in [4.78, 5) is 34.0. The molecule has 5 rings (SSSR count). The van der Waals surface area contributed by atoms with Gasteiger partial charge in [0.05, 0.1) is 17.4 Å². The number of carbonyl (C=O) groups excluding carboxylic acids is 2. The zero-order valence-electron chi connectivity index (χ0n) is 16.2. The Labute approximate surface area is 179 Å². The monoisotopic (exact) mass is 418 g/mol. The molecule has 30 heavy (non-hydrogen) atoms. The molecule has 2 fully saturated rings. The lowest BCUT2D eigenvalue weighted by atomic mass is 9.90. The molecule has 2 amide bonds. The summed E-state index contributed by atoms with van der Waals surface area (Å²) >= 11 is 5.97. The second-order valence-electron chi connectivity index (χ2n) is 7.56. The van der Waals surface area contributed by atoms with Crippen molar-refractivity contribution in [3.8, 4) is 0 Å². The second kappa shape index (κ2) is 7.27. The summed E-state index contributed by atoms with van der Waals surface area (Å²) in [6.45, 7) is 2.01. The fourth-order valence-corrected chi connectivity index (χ4v) is 4.29. The maximum absolute atomic E-state index is 13.5. The number of benzene rings is 3. The Morgan fingerprint density at radius 2 is 1.47 bits per heavy atom. The van der Waals surface area contributed by atoms with Crippen LogP contribution in [0.3, 0.4) is 0 Å². The molecule has 0 radical (unpaired) electrons. The maximum Gasteiger partial charge on any atom is 0.266 e.